The molecule has 0 aromatic heterocycles. The van der Waals surface area contributed by atoms with E-state index in [9.17, 15) is 13.6 Å². The lowest BCUT2D eigenvalue weighted by Gasteiger charge is -2.46. The van der Waals surface area contributed by atoms with Gasteiger partial charge in [0.05, 0.1) is 25.3 Å². The first kappa shape index (κ1) is 19.5. The smallest absolute Gasteiger partial charge is 0.410 e. The standard InChI is InChI=1S/C19H23F2N3O3/c1-19(2,3)27-18(25)24-8-7-23-10-15(26-11-12(23)9-24)13-5-6-14(20)17(22-4)16(13)21/h5-6,12,15H,7-11H2,1-3H3/t12-,15-/m1/s1. The number of hydrogen-bond acceptors (Lipinski definition) is 4. The lowest BCUT2D eigenvalue weighted by molar-refractivity contribution is -0.0915. The number of fused-ring (bicyclic) bond motifs is 1. The van der Waals surface area contributed by atoms with Crippen LogP contribution in [-0.2, 0) is 9.47 Å². The van der Waals surface area contributed by atoms with Gasteiger partial charge < -0.3 is 14.4 Å². The van der Waals surface area contributed by atoms with E-state index in [1.165, 1.54) is 6.07 Å². The van der Waals surface area contributed by atoms with Crippen molar-refractivity contribution in [2.24, 2.45) is 0 Å². The summed E-state index contributed by atoms with van der Waals surface area (Å²) in [5, 5.41) is 0. The number of carbonyl (C=O) groups excluding carboxylic acids is 1. The predicted molar refractivity (Wildman–Crippen MR) is 94.5 cm³/mol. The Hall–Kier alpha value is -2.24. The quantitative estimate of drug-likeness (QED) is 0.701. The van der Waals surface area contributed by atoms with Crippen LogP contribution < -0.4 is 0 Å². The first-order chi connectivity index (χ1) is 12.7. The molecule has 27 heavy (non-hydrogen) atoms. The Bertz CT molecular complexity index is 773. The highest BCUT2D eigenvalue weighted by atomic mass is 19.1. The van der Waals surface area contributed by atoms with E-state index in [4.69, 9.17) is 16.0 Å². The van der Waals surface area contributed by atoms with E-state index in [1.807, 2.05) is 20.8 Å². The zero-order valence-corrected chi connectivity index (χ0v) is 15.7. The van der Waals surface area contributed by atoms with Gasteiger partial charge in [-0.1, -0.05) is 6.07 Å². The average molecular weight is 379 g/mol. The highest BCUT2D eigenvalue weighted by molar-refractivity contribution is 5.68. The molecule has 0 aliphatic carbocycles. The predicted octanol–water partition coefficient (Wildman–Crippen LogP) is 3.51. The van der Waals surface area contributed by atoms with Crippen molar-refractivity contribution in [1.29, 1.82) is 0 Å². The normalized spacial score (nSPS) is 23.5. The molecule has 3 rings (SSSR count). The van der Waals surface area contributed by atoms with Crippen LogP contribution in [0.4, 0.5) is 19.3 Å². The minimum Gasteiger partial charge on any atom is -0.444 e. The second-order valence-electron chi connectivity index (χ2n) is 7.81. The zero-order valence-electron chi connectivity index (χ0n) is 15.7. The molecule has 0 saturated carbocycles. The maximum Gasteiger partial charge on any atom is 0.410 e. The van der Waals surface area contributed by atoms with Gasteiger partial charge in [0, 0.05) is 31.7 Å². The zero-order chi connectivity index (χ0) is 19.8. The van der Waals surface area contributed by atoms with Crippen LogP contribution in [0.25, 0.3) is 4.85 Å². The minimum absolute atomic E-state index is 0.00800. The fourth-order valence-corrected chi connectivity index (χ4v) is 3.37. The third kappa shape index (κ3) is 4.20. The van der Waals surface area contributed by atoms with E-state index in [0.29, 0.717) is 32.8 Å². The van der Waals surface area contributed by atoms with Crippen molar-refractivity contribution in [3.8, 4) is 0 Å². The Morgan fingerprint density at radius 1 is 1.30 bits per heavy atom. The molecule has 0 unspecified atom stereocenters. The summed E-state index contributed by atoms with van der Waals surface area (Å²) >= 11 is 0. The van der Waals surface area contributed by atoms with Crippen molar-refractivity contribution in [1.82, 2.24) is 9.80 Å². The third-order valence-electron chi connectivity index (χ3n) is 4.70. The number of carbonyl (C=O) groups is 1. The van der Waals surface area contributed by atoms with Crippen molar-refractivity contribution < 1.29 is 23.0 Å². The average Bonchev–Trinajstić information content (AvgIpc) is 2.60. The van der Waals surface area contributed by atoms with Crippen LogP contribution in [0.5, 0.6) is 0 Å². The van der Waals surface area contributed by atoms with E-state index in [-0.39, 0.29) is 17.7 Å². The fourth-order valence-electron chi connectivity index (χ4n) is 3.37. The molecule has 2 heterocycles. The lowest BCUT2D eigenvalue weighted by Crippen LogP contribution is -2.60. The Balaban J connectivity index is 1.67. The maximum absolute atomic E-state index is 14.4. The third-order valence-corrected chi connectivity index (χ3v) is 4.70. The Morgan fingerprint density at radius 3 is 2.70 bits per heavy atom. The SMILES string of the molecule is [C-]#[N+]c1c(F)ccc([C@H]2CN3CCN(C(=O)OC(C)(C)C)C[C@@H]3CO2)c1F. The second-order valence-corrected chi connectivity index (χ2v) is 7.81. The minimum atomic E-state index is -0.870. The molecule has 1 aromatic rings. The number of nitrogens with zero attached hydrogens (tertiary/aromatic N) is 3. The molecule has 6 nitrogen and oxygen atoms in total. The molecule has 1 amide bonds. The Labute approximate surface area is 157 Å². The van der Waals surface area contributed by atoms with Gasteiger partial charge in [-0.3, -0.25) is 4.90 Å². The van der Waals surface area contributed by atoms with E-state index < -0.39 is 29.0 Å². The van der Waals surface area contributed by atoms with Gasteiger partial charge in [-0.05, 0) is 26.8 Å². The highest BCUT2D eigenvalue weighted by Crippen LogP contribution is 2.33. The topological polar surface area (TPSA) is 46.4 Å². The van der Waals surface area contributed by atoms with Crippen LogP contribution in [0.15, 0.2) is 12.1 Å². The lowest BCUT2D eigenvalue weighted by atomic mass is 10.0. The van der Waals surface area contributed by atoms with Crippen molar-refractivity contribution in [3.63, 3.8) is 0 Å². The first-order valence-corrected chi connectivity index (χ1v) is 8.88. The van der Waals surface area contributed by atoms with E-state index in [0.717, 1.165) is 6.07 Å². The highest BCUT2D eigenvalue weighted by Gasteiger charge is 2.37. The van der Waals surface area contributed by atoms with Crippen molar-refractivity contribution in [2.75, 3.05) is 32.8 Å². The summed E-state index contributed by atoms with van der Waals surface area (Å²) in [5.74, 6) is -1.73. The van der Waals surface area contributed by atoms with Crippen molar-refractivity contribution in [3.05, 3.63) is 40.7 Å². The van der Waals surface area contributed by atoms with Crippen molar-refractivity contribution in [2.45, 2.75) is 38.5 Å². The monoisotopic (exact) mass is 379 g/mol. The number of morpholine rings is 1. The Kier molecular flexibility index (Phi) is 5.36. The van der Waals surface area contributed by atoms with Gasteiger partial charge in [0.25, 0.3) is 5.69 Å². The van der Waals surface area contributed by atoms with Crippen LogP contribution in [0.3, 0.4) is 0 Å². The largest absolute Gasteiger partial charge is 0.444 e. The molecule has 0 N–H and O–H groups in total. The molecule has 146 valence electrons. The van der Waals surface area contributed by atoms with E-state index >= 15 is 0 Å². The summed E-state index contributed by atoms with van der Waals surface area (Å²) in [6.07, 6.45) is -0.925. The molecule has 2 fully saturated rings. The van der Waals surface area contributed by atoms with Crippen LogP contribution in [0.1, 0.15) is 32.4 Å². The molecular weight excluding hydrogens is 356 g/mol. The van der Waals surface area contributed by atoms with Gasteiger partial charge >= 0.3 is 6.09 Å². The fraction of sp³-hybridized carbons (Fsp3) is 0.579. The van der Waals surface area contributed by atoms with Gasteiger partial charge in [0.15, 0.2) is 0 Å². The summed E-state index contributed by atoms with van der Waals surface area (Å²) in [6, 6.07) is 2.43. The molecule has 0 bridgehead atoms. The number of piperazine rings is 1. The molecule has 2 aliphatic heterocycles. The van der Waals surface area contributed by atoms with E-state index in [1.54, 1.807) is 4.90 Å². The summed E-state index contributed by atoms with van der Waals surface area (Å²) in [6.45, 7) is 14.8. The molecule has 2 aliphatic rings. The first-order valence-electron chi connectivity index (χ1n) is 8.88. The van der Waals surface area contributed by atoms with Crippen LogP contribution >= 0.6 is 0 Å². The number of ether oxygens (including phenoxy) is 2. The van der Waals surface area contributed by atoms with E-state index in [2.05, 4.69) is 9.74 Å². The number of hydrogen-bond donors (Lipinski definition) is 0. The number of halogens is 2. The summed E-state index contributed by atoms with van der Waals surface area (Å²) < 4.78 is 39.2. The van der Waals surface area contributed by atoms with Gasteiger partial charge in [0.2, 0.25) is 0 Å². The van der Waals surface area contributed by atoms with Crippen molar-refractivity contribution >= 4 is 11.8 Å². The maximum atomic E-state index is 14.4. The second kappa shape index (κ2) is 7.41. The number of rotatable bonds is 1. The molecular formula is C19H23F2N3O3. The van der Waals surface area contributed by atoms with Crippen LogP contribution in [0, 0.1) is 18.2 Å². The van der Waals surface area contributed by atoms with Gasteiger partial charge in [0.1, 0.15) is 17.2 Å². The molecule has 1 aromatic carbocycles. The molecule has 8 heteroatoms. The molecule has 2 saturated heterocycles. The van der Waals surface area contributed by atoms with Gasteiger partial charge in [-0.25, -0.2) is 18.4 Å². The summed E-state index contributed by atoms with van der Waals surface area (Å²) in [4.78, 5) is 19.0. The van der Waals surface area contributed by atoms with Crippen LogP contribution in [0.2, 0.25) is 0 Å². The molecule has 0 radical (unpaired) electrons. The summed E-state index contributed by atoms with van der Waals surface area (Å²) in [5.41, 5.74) is -0.966. The summed E-state index contributed by atoms with van der Waals surface area (Å²) in [7, 11) is 0. The number of amides is 1. The molecule has 0 spiro atoms. The molecule has 2 atom stereocenters. The number of benzene rings is 1. The Morgan fingerprint density at radius 2 is 2.04 bits per heavy atom. The van der Waals surface area contributed by atoms with Crippen LogP contribution in [-0.4, -0.2) is 60.3 Å². The van der Waals surface area contributed by atoms with Gasteiger partial charge in [-0.15, -0.1) is 0 Å². The van der Waals surface area contributed by atoms with Gasteiger partial charge in [-0.2, -0.15) is 0 Å².